The molecule has 0 spiro atoms. The van der Waals surface area contributed by atoms with Gasteiger partial charge in [0.15, 0.2) is 0 Å². The van der Waals surface area contributed by atoms with Crippen molar-refractivity contribution in [3.63, 3.8) is 0 Å². The summed E-state index contributed by atoms with van der Waals surface area (Å²) in [6.07, 6.45) is 0. The molecule has 0 fully saturated rings. The monoisotopic (exact) mass is 366 g/mol. The molecule has 1 aromatic heterocycles. The molecule has 3 rings (SSSR count). The van der Waals surface area contributed by atoms with Gasteiger partial charge in [0.25, 0.3) is 0 Å². The molecule has 1 heterocycles. The maximum Gasteiger partial charge on any atom is 0.234 e. The zero-order chi connectivity index (χ0) is 18.4. The van der Waals surface area contributed by atoms with E-state index in [1.54, 1.807) is 31.4 Å². The second-order valence-electron chi connectivity index (χ2n) is 5.07. The molecule has 8 nitrogen and oxygen atoms in total. The molecule has 130 valence electrons. The second-order valence-corrected chi connectivity index (χ2v) is 6.01. The Bertz CT molecular complexity index is 948. The van der Waals surface area contributed by atoms with Crippen LogP contribution in [0.1, 0.15) is 5.56 Å². The van der Waals surface area contributed by atoms with E-state index in [1.807, 2.05) is 30.3 Å². The predicted molar refractivity (Wildman–Crippen MR) is 96.2 cm³/mol. The third-order valence-corrected chi connectivity index (χ3v) is 4.30. The first-order valence-corrected chi connectivity index (χ1v) is 8.54. The molecule has 9 heteroatoms. The number of anilines is 1. The van der Waals surface area contributed by atoms with Gasteiger partial charge in [0.05, 0.1) is 24.5 Å². The number of nitriles is 1. The number of carbonyl (C=O) groups excluding carboxylic acids is 1. The Morgan fingerprint density at radius 1 is 1.27 bits per heavy atom. The predicted octanol–water partition coefficient (Wildman–Crippen LogP) is 2.27. The van der Waals surface area contributed by atoms with Gasteiger partial charge in [-0.3, -0.25) is 4.79 Å². The molecule has 0 saturated heterocycles. The van der Waals surface area contributed by atoms with Crippen molar-refractivity contribution in [2.45, 2.75) is 5.16 Å². The van der Waals surface area contributed by atoms with E-state index >= 15 is 0 Å². The first kappa shape index (κ1) is 17.4. The van der Waals surface area contributed by atoms with Crippen molar-refractivity contribution in [1.82, 2.24) is 20.2 Å². The van der Waals surface area contributed by atoms with Gasteiger partial charge >= 0.3 is 0 Å². The second kappa shape index (κ2) is 8.13. The summed E-state index contributed by atoms with van der Waals surface area (Å²) < 4.78 is 6.85. The highest BCUT2D eigenvalue weighted by Gasteiger charge is 2.14. The van der Waals surface area contributed by atoms with E-state index in [-0.39, 0.29) is 11.7 Å². The van der Waals surface area contributed by atoms with Gasteiger partial charge in [-0.1, -0.05) is 23.9 Å². The van der Waals surface area contributed by atoms with Gasteiger partial charge in [0, 0.05) is 5.69 Å². The first-order chi connectivity index (χ1) is 12.7. The molecule has 0 aliphatic carbocycles. The van der Waals surface area contributed by atoms with Crippen LogP contribution in [0.4, 0.5) is 5.69 Å². The molecule has 2 aromatic carbocycles. The number of rotatable bonds is 6. The van der Waals surface area contributed by atoms with E-state index in [1.165, 1.54) is 16.4 Å². The largest absolute Gasteiger partial charge is 0.494 e. The highest BCUT2D eigenvalue weighted by molar-refractivity contribution is 7.99. The number of methoxy groups -OCH3 is 1. The smallest absolute Gasteiger partial charge is 0.234 e. The van der Waals surface area contributed by atoms with Crippen LogP contribution in [0.5, 0.6) is 5.75 Å². The average Bonchev–Trinajstić information content (AvgIpc) is 3.15. The van der Waals surface area contributed by atoms with Crippen LogP contribution in [0.2, 0.25) is 0 Å². The summed E-state index contributed by atoms with van der Waals surface area (Å²) in [6.45, 7) is 0. The van der Waals surface area contributed by atoms with Gasteiger partial charge in [-0.05, 0) is 46.8 Å². The van der Waals surface area contributed by atoms with E-state index in [0.717, 1.165) is 0 Å². The maximum absolute atomic E-state index is 12.1. The van der Waals surface area contributed by atoms with Gasteiger partial charge < -0.3 is 10.1 Å². The third-order valence-electron chi connectivity index (χ3n) is 3.38. The Morgan fingerprint density at radius 3 is 2.77 bits per heavy atom. The van der Waals surface area contributed by atoms with Crippen molar-refractivity contribution < 1.29 is 9.53 Å². The van der Waals surface area contributed by atoms with Crippen molar-refractivity contribution in [1.29, 1.82) is 5.26 Å². The minimum atomic E-state index is -0.200. The Balaban J connectivity index is 1.66. The van der Waals surface area contributed by atoms with Gasteiger partial charge in [-0.15, -0.1) is 5.10 Å². The number of para-hydroxylation sites is 2. The van der Waals surface area contributed by atoms with Crippen molar-refractivity contribution in [3.05, 3.63) is 54.1 Å². The zero-order valence-electron chi connectivity index (χ0n) is 13.8. The number of hydrogen-bond acceptors (Lipinski definition) is 7. The van der Waals surface area contributed by atoms with Gasteiger partial charge in [0.2, 0.25) is 11.1 Å². The van der Waals surface area contributed by atoms with Crippen molar-refractivity contribution >= 4 is 23.4 Å². The van der Waals surface area contributed by atoms with E-state index in [4.69, 9.17) is 10.00 Å². The topological polar surface area (TPSA) is 106 Å². The quantitative estimate of drug-likeness (QED) is 0.667. The first-order valence-electron chi connectivity index (χ1n) is 7.56. The molecule has 0 aliphatic heterocycles. The summed E-state index contributed by atoms with van der Waals surface area (Å²) in [5, 5.41) is 23.6. The number of tetrazole rings is 1. The summed E-state index contributed by atoms with van der Waals surface area (Å²) in [7, 11) is 1.57. The summed E-state index contributed by atoms with van der Waals surface area (Å²) in [5.41, 5.74) is 1.85. The molecule has 0 atom stereocenters. The van der Waals surface area contributed by atoms with Crippen molar-refractivity contribution in [2.75, 3.05) is 18.2 Å². The number of nitrogens with one attached hydrogen (secondary N) is 1. The lowest BCUT2D eigenvalue weighted by Gasteiger charge is -2.09. The minimum absolute atomic E-state index is 0.134. The van der Waals surface area contributed by atoms with Gasteiger partial charge in [-0.2, -0.15) is 9.94 Å². The normalized spacial score (nSPS) is 10.2. The highest BCUT2D eigenvalue weighted by Crippen LogP contribution is 2.25. The van der Waals surface area contributed by atoms with E-state index in [2.05, 4.69) is 20.8 Å². The summed E-state index contributed by atoms with van der Waals surface area (Å²) in [6, 6.07) is 16.0. The summed E-state index contributed by atoms with van der Waals surface area (Å²) in [4.78, 5) is 12.1. The van der Waals surface area contributed by atoms with Crippen LogP contribution in [0.3, 0.4) is 0 Å². The standard InChI is InChI=1S/C17H14N6O2S/c1-25-15-5-3-2-4-14(15)23-17(20-21-22-23)26-11-16(24)19-13-8-6-12(10-18)7-9-13/h2-9H,11H2,1H3,(H,19,24). The molecule has 0 bridgehead atoms. The fourth-order valence-corrected chi connectivity index (χ4v) is 2.86. The lowest BCUT2D eigenvalue weighted by Crippen LogP contribution is -2.14. The van der Waals surface area contributed by atoms with Crippen LogP contribution in [0, 0.1) is 11.3 Å². The van der Waals surface area contributed by atoms with Crippen LogP contribution >= 0.6 is 11.8 Å². The van der Waals surface area contributed by atoms with E-state index in [0.29, 0.717) is 27.8 Å². The lowest BCUT2D eigenvalue weighted by atomic mass is 10.2. The molecular weight excluding hydrogens is 352 g/mol. The molecule has 1 N–H and O–H groups in total. The molecule has 0 aliphatic rings. The molecule has 26 heavy (non-hydrogen) atoms. The Morgan fingerprint density at radius 2 is 2.04 bits per heavy atom. The molecule has 0 saturated carbocycles. The van der Waals surface area contributed by atoms with Gasteiger partial charge in [0.1, 0.15) is 11.4 Å². The van der Waals surface area contributed by atoms with Crippen LogP contribution in [-0.4, -0.2) is 39.0 Å². The van der Waals surface area contributed by atoms with Crippen LogP contribution in [0.15, 0.2) is 53.7 Å². The number of nitrogens with zero attached hydrogens (tertiary/aromatic N) is 5. The van der Waals surface area contributed by atoms with Crippen LogP contribution < -0.4 is 10.1 Å². The lowest BCUT2D eigenvalue weighted by molar-refractivity contribution is -0.113. The third kappa shape index (κ3) is 3.99. The van der Waals surface area contributed by atoms with Crippen molar-refractivity contribution in [2.24, 2.45) is 0 Å². The minimum Gasteiger partial charge on any atom is -0.494 e. The van der Waals surface area contributed by atoms with E-state index in [9.17, 15) is 4.79 Å². The van der Waals surface area contributed by atoms with Gasteiger partial charge in [-0.25, -0.2) is 0 Å². The Hall–Kier alpha value is -3.38. The number of thioether (sulfide) groups is 1. The number of ether oxygens (including phenoxy) is 1. The zero-order valence-corrected chi connectivity index (χ0v) is 14.6. The van der Waals surface area contributed by atoms with Crippen LogP contribution in [-0.2, 0) is 4.79 Å². The number of benzene rings is 2. The molecule has 1 amide bonds. The summed E-state index contributed by atoms with van der Waals surface area (Å²) in [5.74, 6) is 0.563. The fraction of sp³-hybridized carbons (Fsp3) is 0.118. The Labute approximate surface area is 153 Å². The highest BCUT2D eigenvalue weighted by atomic mass is 32.2. The molecule has 0 unspecified atom stereocenters. The molecule has 0 radical (unpaired) electrons. The number of hydrogen-bond donors (Lipinski definition) is 1. The maximum atomic E-state index is 12.1. The van der Waals surface area contributed by atoms with E-state index < -0.39 is 0 Å². The SMILES string of the molecule is COc1ccccc1-n1nnnc1SCC(=O)Nc1ccc(C#N)cc1. The number of carbonyl (C=O) groups is 1. The molecule has 3 aromatic rings. The number of amides is 1. The van der Waals surface area contributed by atoms with Crippen molar-refractivity contribution in [3.8, 4) is 17.5 Å². The Kier molecular flexibility index (Phi) is 5.46. The average molecular weight is 366 g/mol. The fourth-order valence-electron chi connectivity index (χ4n) is 2.18. The number of aromatic nitrogens is 4. The summed E-state index contributed by atoms with van der Waals surface area (Å²) >= 11 is 1.21. The van der Waals surface area contributed by atoms with Crippen LogP contribution in [0.25, 0.3) is 5.69 Å². The molecular formula is C17H14N6O2S.